The summed E-state index contributed by atoms with van der Waals surface area (Å²) < 4.78 is 40.5. The molecular weight excluding hydrogens is 301 g/mol. The summed E-state index contributed by atoms with van der Waals surface area (Å²) in [4.78, 5) is 9.16. The molecule has 0 bridgehead atoms. The smallest absolute Gasteiger partial charge is 0.272 e. The molecular formula is C12H16FN3O4S. The lowest BCUT2D eigenvalue weighted by molar-refractivity contribution is -0.385. The van der Waals surface area contributed by atoms with Gasteiger partial charge in [0.25, 0.3) is 5.69 Å². The van der Waals surface area contributed by atoms with Crippen molar-refractivity contribution >= 4 is 15.7 Å². The van der Waals surface area contributed by atoms with Crippen LogP contribution in [0.25, 0.3) is 0 Å². The van der Waals surface area contributed by atoms with Crippen molar-refractivity contribution in [1.29, 1.82) is 0 Å². The first-order valence-corrected chi connectivity index (χ1v) is 8.00. The molecule has 1 aromatic rings. The third-order valence-electron chi connectivity index (χ3n) is 3.51. The van der Waals surface area contributed by atoms with Crippen molar-refractivity contribution in [2.75, 3.05) is 0 Å². The van der Waals surface area contributed by atoms with Gasteiger partial charge in [0.05, 0.1) is 11.0 Å². The zero-order chi connectivity index (χ0) is 15.6. The van der Waals surface area contributed by atoms with Gasteiger partial charge in [0.1, 0.15) is 10.7 Å². The molecule has 0 atom stereocenters. The zero-order valence-corrected chi connectivity index (χ0v) is 12.0. The van der Waals surface area contributed by atoms with Crippen LogP contribution in [0.1, 0.15) is 25.7 Å². The standard InChI is InChI=1S/C12H16FN3O4S/c13-11-7-10(16(17)18)5-6-12(11)21(19,20)15-9-3-1-8(14)2-4-9/h5-9,15H,1-4,14H2. The molecule has 0 amide bonds. The third kappa shape index (κ3) is 3.74. The van der Waals surface area contributed by atoms with Gasteiger partial charge >= 0.3 is 0 Å². The number of hydrogen-bond donors (Lipinski definition) is 2. The van der Waals surface area contributed by atoms with Crippen molar-refractivity contribution in [2.24, 2.45) is 5.73 Å². The quantitative estimate of drug-likeness (QED) is 0.641. The minimum Gasteiger partial charge on any atom is -0.328 e. The Morgan fingerprint density at radius 2 is 1.90 bits per heavy atom. The highest BCUT2D eigenvalue weighted by Gasteiger charge is 2.27. The molecule has 0 aromatic heterocycles. The molecule has 3 N–H and O–H groups in total. The van der Waals surface area contributed by atoms with Crippen molar-refractivity contribution in [3.63, 3.8) is 0 Å². The van der Waals surface area contributed by atoms with E-state index in [9.17, 15) is 22.9 Å². The van der Waals surface area contributed by atoms with Crippen molar-refractivity contribution < 1.29 is 17.7 Å². The van der Waals surface area contributed by atoms with Crippen LogP contribution in [0.4, 0.5) is 10.1 Å². The highest BCUT2D eigenvalue weighted by atomic mass is 32.2. The Kier molecular flexibility index (Phi) is 4.55. The molecule has 21 heavy (non-hydrogen) atoms. The third-order valence-corrected chi connectivity index (χ3v) is 5.06. The fourth-order valence-corrected chi connectivity index (χ4v) is 3.71. The van der Waals surface area contributed by atoms with Gasteiger partial charge in [-0.1, -0.05) is 0 Å². The van der Waals surface area contributed by atoms with Crippen LogP contribution >= 0.6 is 0 Å². The second kappa shape index (κ2) is 6.04. The molecule has 1 aromatic carbocycles. The Labute approximate surface area is 121 Å². The van der Waals surface area contributed by atoms with Crippen LogP contribution in [0.5, 0.6) is 0 Å². The second-order valence-corrected chi connectivity index (χ2v) is 6.79. The highest BCUT2D eigenvalue weighted by molar-refractivity contribution is 7.89. The molecule has 9 heteroatoms. The lowest BCUT2D eigenvalue weighted by Crippen LogP contribution is -2.40. The average Bonchev–Trinajstić information content (AvgIpc) is 2.40. The summed E-state index contributed by atoms with van der Waals surface area (Å²) in [5, 5.41) is 10.5. The van der Waals surface area contributed by atoms with Gasteiger partial charge in [0.2, 0.25) is 10.0 Å². The maximum atomic E-state index is 13.8. The number of non-ortho nitro benzene ring substituents is 1. The summed E-state index contributed by atoms with van der Waals surface area (Å²) in [6.45, 7) is 0. The van der Waals surface area contributed by atoms with Crippen LogP contribution in [-0.2, 0) is 10.0 Å². The van der Waals surface area contributed by atoms with Crippen molar-refractivity contribution in [1.82, 2.24) is 4.72 Å². The first kappa shape index (κ1) is 15.8. The van der Waals surface area contributed by atoms with E-state index in [1.165, 1.54) is 0 Å². The van der Waals surface area contributed by atoms with E-state index in [4.69, 9.17) is 5.73 Å². The molecule has 1 saturated carbocycles. The average molecular weight is 317 g/mol. The van der Waals surface area contributed by atoms with E-state index in [0.717, 1.165) is 12.1 Å². The van der Waals surface area contributed by atoms with Crippen LogP contribution in [0.2, 0.25) is 0 Å². The molecule has 0 spiro atoms. The Hall–Kier alpha value is -1.58. The Bertz CT molecular complexity index is 642. The van der Waals surface area contributed by atoms with E-state index >= 15 is 0 Å². The van der Waals surface area contributed by atoms with E-state index in [-0.39, 0.29) is 12.1 Å². The maximum Gasteiger partial charge on any atom is 0.272 e. The minimum absolute atomic E-state index is 0.0712. The zero-order valence-electron chi connectivity index (χ0n) is 11.2. The van der Waals surface area contributed by atoms with Gasteiger partial charge < -0.3 is 5.73 Å². The van der Waals surface area contributed by atoms with Gasteiger partial charge in [-0.3, -0.25) is 10.1 Å². The van der Waals surface area contributed by atoms with E-state index in [1.807, 2.05) is 0 Å². The monoisotopic (exact) mass is 317 g/mol. The Balaban J connectivity index is 2.18. The maximum absolute atomic E-state index is 13.8. The molecule has 1 fully saturated rings. The summed E-state index contributed by atoms with van der Waals surface area (Å²) in [5.41, 5.74) is 5.25. The van der Waals surface area contributed by atoms with Gasteiger partial charge in [-0.25, -0.2) is 17.5 Å². The molecule has 0 aliphatic heterocycles. The molecule has 0 radical (unpaired) electrons. The largest absolute Gasteiger partial charge is 0.328 e. The molecule has 0 heterocycles. The number of rotatable bonds is 4. The van der Waals surface area contributed by atoms with Crippen molar-refractivity contribution in [2.45, 2.75) is 42.7 Å². The first-order valence-electron chi connectivity index (χ1n) is 6.51. The SMILES string of the molecule is NC1CCC(NS(=O)(=O)c2ccc([N+](=O)[O-])cc2F)CC1. The van der Waals surface area contributed by atoms with E-state index in [1.54, 1.807) is 0 Å². The molecule has 1 aliphatic rings. The summed E-state index contributed by atoms with van der Waals surface area (Å²) >= 11 is 0. The molecule has 2 rings (SSSR count). The number of benzene rings is 1. The fourth-order valence-electron chi connectivity index (χ4n) is 2.34. The minimum atomic E-state index is -4.04. The second-order valence-electron chi connectivity index (χ2n) is 5.10. The predicted molar refractivity (Wildman–Crippen MR) is 73.6 cm³/mol. The summed E-state index contributed by atoms with van der Waals surface area (Å²) in [6, 6.07) is 2.26. The lowest BCUT2D eigenvalue weighted by Gasteiger charge is -2.26. The van der Waals surface area contributed by atoms with E-state index in [0.29, 0.717) is 31.7 Å². The number of hydrogen-bond acceptors (Lipinski definition) is 5. The van der Waals surface area contributed by atoms with Gasteiger partial charge in [-0.15, -0.1) is 0 Å². The Morgan fingerprint density at radius 3 is 2.43 bits per heavy atom. The number of nitro groups is 1. The number of nitrogens with zero attached hydrogens (tertiary/aromatic N) is 1. The molecule has 7 nitrogen and oxygen atoms in total. The van der Waals surface area contributed by atoms with E-state index in [2.05, 4.69) is 4.72 Å². The molecule has 116 valence electrons. The fraction of sp³-hybridized carbons (Fsp3) is 0.500. The van der Waals surface area contributed by atoms with Crippen LogP contribution in [0, 0.1) is 15.9 Å². The molecule has 1 aliphatic carbocycles. The van der Waals surface area contributed by atoms with Crippen molar-refractivity contribution in [3.05, 3.63) is 34.1 Å². The lowest BCUT2D eigenvalue weighted by atomic mass is 9.93. The molecule has 0 unspecified atom stereocenters. The number of halogens is 1. The first-order chi connectivity index (χ1) is 9.79. The number of sulfonamides is 1. The summed E-state index contributed by atoms with van der Waals surface area (Å²) in [5.74, 6) is -1.13. The van der Waals surface area contributed by atoms with Gasteiger partial charge in [-0.05, 0) is 31.7 Å². The summed E-state index contributed by atoms with van der Waals surface area (Å²) in [7, 11) is -4.04. The Morgan fingerprint density at radius 1 is 1.29 bits per heavy atom. The topological polar surface area (TPSA) is 115 Å². The van der Waals surface area contributed by atoms with Crippen LogP contribution in [0.3, 0.4) is 0 Å². The predicted octanol–water partition coefficient (Wildman–Crippen LogP) is 1.28. The molecule has 0 saturated heterocycles. The van der Waals surface area contributed by atoms with E-state index < -0.39 is 31.3 Å². The summed E-state index contributed by atoms with van der Waals surface area (Å²) in [6.07, 6.45) is 2.59. The van der Waals surface area contributed by atoms with Gasteiger partial charge in [0.15, 0.2) is 0 Å². The number of nitro benzene ring substituents is 1. The van der Waals surface area contributed by atoms with Crippen LogP contribution in [-0.4, -0.2) is 25.4 Å². The van der Waals surface area contributed by atoms with Crippen molar-refractivity contribution in [3.8, 4) is 0 Å². The van der Waals surface area contributed by atoms with Crippen LogP contribution in [0.15, 0.2) is 23.1 Å². The number of nitrogens with one attached hydrogen (secondary N) is 1. The highest BCUT2D eigenvalue weighted by Crippen LogP contribution is 2.23. The van der Waals surface area contributed by atoms with Gasteiger partial charge in [0, 0.05) is 18.2 Å². The number of nitrogens with two attached hydrogens (primary N) is 1. The normalized spacial score (nSPS) is 23.0. The van der Waals surface area contributed by atoms with Gasteiger partial charge in [-0.2, -0.15) is 0 Å². The van der Waals surface area contributed by atoms with Crippen LogP contribution < -0.4 is 10.5 Å².